The third kappa shape index (κ3) is 7.47. The largest absolute Gasteiger partial charge is 0.389 e. The molecule has 2 unspecified atom stereocenters. The van der Waals surface area contributed by atoms with Crippen LogP contribution in [0.5, 0.6) is 0 Å². The number of hydrogen-bond donors (Lipinski definition) is 3. The van der Waals surface area contributed by atoms with Crippen molar-refractivity contribution in [1.29, 1.82) is 0 Å². The van der Waals surface area contributed by atoms with E-state index in [0.717, 1.165) is 19.4 Å². The third-order valence-corrected chi connectivity index (χ3v) is 3.07. The van der Waals surface area contributed by atoms with Gasteiger partial charge in [-0.2, -0.15) is 0 Å². The Kier molecular flexibility index (Phi) is 6.71. The Morgan fingerprint density at radius 3 is 2.95 bits per heavy atom. The normalized spacial score (nSPS) is 21.5. The zero-order valence-corrected chi connectivity index (χ0v) is 11.9. The molecule has 1 aliphatic heterocycles. The number of aliphatic hydroxyl groups excluding tert-OH is 1. The Morgan fingerprint density at radius 2 is 2.37 bits per heavy atom. The molecular weight excluding hydrogens is 248 g/mol. The first-order chi connectivity index (χ1) is 8.89. The highest BCUT2D eigenvalue weighted by atomic mass is 16.5. The number of nitrogens with two attached hydrogens (primary N) is 1. The van der Waals surface area contributed by atoms with Crippen LogP contribution in [0.3, 0.4) is 0 Å². The molecule has 1 fully saturated rings. The fraction of sp³-hybridized carbons (Fsp3) is 0.923. The van der Waals surface area contributed by atoms with Crippen molar-refractivity contribution in [1.82, 2.24) is 5.32 Å². The number of carbonyl (C=O) groups is 1. The van der Waals surface area contributed by atoms with Gasteiger partial charge in [-0.3, -0.25) is 4.79 Å². The molecule has 112 valence electrons. The zero-order chi connectivity index (χ0) is 14.3. The fourth-order valence-electron chi connectivity index (χ4n) is 2.06. The average Bonchev–Trinajstić information content (AvgIpc) is 2.78. The Morgan fingerprint density at radius 1 is 1.63 bits per heavy atom. The van der Waals surface area contributed by atoms with Crippen LogP contribution in [0, 0.1) is 0 Å². The van der Waals surface area contributed by atoms with Gasteiger partial charge in [0.05, 0.1) is 25.4 Å². The molecule has 0 aromatic heterocycles. The Labute approximate surface area is 114 Å². The summed E-state index contributed by atoms with van der Waals surface area (Å²) >= 11 is 0. The van der Waals surface area contributed by atoms with Crippen molar-refractivity contribution < 1.29 is 19.4 Å². The molecule has 1 heterocycles. The number of hydrogen-bond acceptors (Lipinski definition) is 5. The second-order valence-electron chi connectivity index (χ2n) is 5.73. The maximum Gasteiger partial charge on any atom is 0.219 e. The van der Waals surface area contributed by atoms with Gasteiger partial charge >= 0.3 is 0 Å². The van der Waals surface area contributed by atoms with Gasteiger partial charge < -0.3 is 25.6 Å². The summed E-state index contributed by atoms with van der Waals surface area (Å²) < 4.78 is 10.8. The number of amides is 1. The molecule has 0 spiro atoms. The predicted molar refractivity (Wildman–Crippen MR) is 71.7 cm³/mol. The lowest BCUT2D eigenvalue weighted by molar-refractivity contribution is -0.119. The lowest BCUT2D eigenvalue weighted by Gasteiger charge is -2.26. The standard InChI is InChI=1S/C13H26N2O4/c1-13(2,6-12(14)17)15-7-10(16)8-18-9-11-4-3-5-19-11/h10-11,15-16H,3-9H2,1-2H3,(H2,14,17). The molecule has 0 saturated carbocycles. The van der Waals surface area contributed by atoms with E-state index in [9.17, 15) is 9.90 Å². The first kappa shape index (κ1) is 16.4. The Hall–Kier alpha value is -0.690. The Bertz CT molecular complexity index is 278. The number of nitrogens with one attached hydrogen (secondary N) is 1. The monoisotopic (exact) mass is 274 g/mol. The van der Waals surface area contributed by atoms with Crippen LogP contribution in [-0.4, -0.2) is 55.1 Å². The molecule has 0 aromatic carbocycles. The number of primary amides is 1. The van der Waals surface area contributed by atoms with Crippen molar-refractivity contribution in [3.05, 3.63) is 0 Å². The van der Waals surface area contributed by atoms with Crippen LogP contribution in [0.25, 0.3) is 0 Å². The molecule has 1 saturated heterocycles. The average molecular weight is 274 g/mol. The van der Waals surface area contributed by atoms with Crippen molar-refractivity contribution in [2.75, 3.05) is 26.4 Å². The number of aliphatic hydroxyl groups is 1. The molecule has 19 heavy (non-hydrogen) atoms. The van der Waals surface area contributed by atoms with Crippen LogP contribution < -0.4 is 11.1 Å². The highest BCUT2D eigenvalue weighted by Crippen LogP contribution is 2.12. The predicted octanol–water partition coefficient (Wildman–Crippen LogP) is -0.213. The molecule has 6 nitrogen and oxygen atoms in total. The smallest absolute Gasteiger partial charge is 0.219 e. The third-order valence-electron chi connectivity index (χ3n) is 3.07. The summed E-state index contributed by atoms with van der Waals surface area (Å²) in [6, 6.07) is 0. The van der Waals surface area contributed by atoms with Crippen molar-refractivity contribution in [3.8, 4) is 0 Å². The van der Waals surface area contributed by atoms with E-state index in [1.165, 1.54) is 0 Å². The van der Waals surface area contributed by atoms with Gasteiger partial charge in [0.1, 0.15) is 0 Å². The molecule has 0 aromatic rings. The van der Waals surface area contributed by atoms with E-state index < -0.39 is 11.6 Å². The molecule has 0 bridgehead atoms. The van der Waals surface area contributed by atoms with Gasteiger partial charge in [-0.1, -0.05) is 0 Å². The van der Waals surface area contributed by atoms with Crippen LogP contribution >= 0.6 is 0 Å². The molecule has 1 aliphatic rings. The SMILES string of the molecule is CC(C)(CC(N)=O)NCC(O)COCC1CCCO1. The first-order valence-electron chi connectivity index (χ1n) is 6.80. The van der Waals surface area contributed by atoms with Crippen molar-refractivity contribution >= 4 is 5.91 Å². The van der Waals surface area contributed by atoms with Crippen LogP contribution in [0.1, 0.15) is 33.1 Å². The number of carbonyl (C=O) groups excluding carboxylic acids is 1. The van der Waals surface area contributed by atoms with Gasteiger partial charge in [0.2, 0.25) is 5.91 Å². The fourth-order valence-corrected chi connectivity index (χ4v) is 2.06. The van der Waals surface area contributed by atoms with Crippen molar-refractivity contribution in [2.24, 2.45) is 5.73 Å². The second-order valence-corrected chi connectivity index (χ2v) is 5.73. The maximum atomic E-state index is 10.9. The van der Waals surface area contributed by atoms with Gasteiger partial charge in [0.25, 0.3) is 0 Å². The molecule has 1 rings (SSSR count). The van der Waals surface area contributed by atoms with Gasteiger partial charge in [0.15, 0.2) is 0 Å². The summed E-state index contributed by atoms with van der Waals surface area (Å²) in [5.41, 5.74) is 4.74. The second kappa shape index (κ2) is 7.79. The molecule has 4 N–H and O–H groups in total. The minimum atomic E-state index is -0.603. The van der Waals surface area contributed by atoms with E-state index >= 15 is 0 Å². The zero-order valence-electron chi connectivity index (χ0n) is 11.9. The van der Waals surface area contributed by atoms with Crippen molar-refractivity contribution in [3.63, 3.8) is 0 Å². The molecule has 2 atom stereocenters. The summed E-state index contributed by atoms with van der Waals surface area (Å²) in [7, 11) is 0. The van der Waals surface area contributed by atoms with E-state index in [1.54, 1.807) is 0 Å². The summed E-state index contributed by atoms with van der Waals surface area (Å²) in [6.07, 6.45) is 1.91. The van der Waals surface area contributed by atoms with E-state index in [1.807, 2.05) is 13.8 Å². The highest BCUT2D eigenvalue weighted by molar-refractivity contribution is 5.74. The van der Waals surface area contributed by atoms with Crippen LogP contribution in [0.15, 0.2) is 0 Å². The van der Waals surface area contributed by atoms with Gasteiger partial charge in [-0.15, -0.1) is 0 Å². The molecule has 1 amide bonds. The minimum Gasteiger partial charge on any atom is -0.389 e. The topological polar surface area (TPSA) is 93.8 Å². The van der Waals surface area contributed by atoms with Crippen LogP contribution in [-0.2, 0) is 14.3 Å². The van der Waals surface area contributed by atoms with E-state index in [-0.39, 0.29) is 25.0 Å². The first-order valence-corrected chi connectivity index (χ1v) is 6.80. The Balaban J connectivity index is 2.09. The molecule has 0 radical (unpaired) electrons. The van der Waals surface area contributed by atoms with E-state index in [4.69, 9.17) is 15.2 Å². The van der Waals surface area contributed by atoms with Gasteiger partial charge in [0, 0.05) is 25.1 Å². The van der Waals surface area contributed by atoms with Crippen LogP contribution in [0.4, 0.5) is 0 Å². The lowest BCUT2D eigenvalue weighted by atomic mass is 10.0. The molecule has 6 heteroatoms. The number of ether oxygens (including phenoxy) is 2. The van der Waals surface area contributed by atoms with Crippen LogP contribution in [0.2, 0.25) is 0 Å². The lowest BCUT2D eigenvalue weighted by Crippen LogP contribution is -2.46. The van der Waals surface area contributed by atoms with Crippen molar-refractivity contribution in [2.45, 2.75) is 50.9 Å². The number of β-amino-alcohol motifs (C(OH)–C–C–N with tert-alkyl or cyclic N) is 1. The van der Waals surface area contributed by atoms with E-state index in [0.29, 0.717) is 13.2 Å². The molecular formula is C13H26N2O4. The maximum absolute atomic E-state index is 10.9. The highest BCUT2D eigenvalue weighted by Gasteiger charge is 2.21. The summed E-state index contributed by atoms with van der Waals surface area (Å²) in [5.74, 6) is -0.360. The minimum absolute atomic E-state index is 0.173. The summed E-state index contributed by atoms with van der Waals surface area (Å²) in [5, 5.41) is 12.9. The summed E-state index contributed by atoms with van der Waals surface area (Å²) in [4.78, 5) is 10.9. The molecule has 0 aliphatic carbocycles. The summed E-state index contributed by atoms with van der Waals surface area (Å²) in [6.45, 7) is 5.71. The number of rotatable bonds is 9. The quantitative estimate of drug-likeness (QED) is 0.541. The van der Waals surface area contributed by atoms with Gasteiger partial charge in [-0.25, -0.2) is 0 Å². The van der Waals surface area contributed by atoms with Gasteiger partial charge in [-0.05, 0) is 26.7 Å². The van der Waals surface area contributed by atoms with E-state index in [2.05, 4.69) is 5.32 Å².